The van der Waals surface area contributed by atoms with E-state index in [1.54, 1.807) is 7.11 Å². The summed E-state index contributed by atoms with van der Waals surface area (Å²) in [7, 11) is 3.52. The van der Waals surface area contributed by atoms with Gasteiger partial charge in [-0.25, -0.2) is 0 Å². The van der Waals surface area contributed by atoms with Crippen molar-refractivity contribution in [3.63, 3.8) is 0 Å². The Bertz CT molecular complexity index is 734. The fourth-order valence-corrected chi connectivity index (χ4v) is 4.35. The van der Waals surface area contributed by atoms with Crippen LogP contribution in [-0.4, -0.2) is 64.4 Å². The first-order valence-corrected chi connectivity index (χ1v) is 11.1. The van der Waals surface area contributed by atoms with E-state index >= 15 is 0 Å². The second kappa shape index (κ2) is 13.8. The van der Waals surface area contributed by atoms with Gasteiger partial charge >= 0.3 is 0 Å². The Kier molecular flexibility index (Phi) is 11.5. The van der Waals surface area contributed by atoms with E-state index < -0.39 is 0 Å². The fourth-order valence-electron chi connectivity index (χ4n) is 3.49. The topological polar surface area (TPSA) is 58.1 Å². The maximum Gasteiger partial charge on any atom is 0.191 e. The predicted octanol–water partition coefficient (Wildman–Crippen LogP) is 3.55. The van der Waals surface area contributed by atoms with E-state index in [1.165, 1.54) is 10.4 Å². The smallest absolute Gasteiger partial charge is 0.191 e. The minimum atomic E-state index is 0. The van der Waals surface area contributed by atoms with E-state index in [0.29, 0.717) is 6.04 Å². The summed E-state index contributed by atoms with van der Waals surface area (Å²) in [4.78, 5) is 8.27. The molecule has 1 aromatic heterocycles. The van der Waals surface area contributed by atoms with Crippen molar-refractivity contribution in [2.24, 2.45) is 4.99 Å². The lowest BCUT2D eigenvalue weighted by Gasteiger charge is -2.34. The van der Waals surface area contributed by atoms with Crippen LogP contribution in [0.4, 0.5) is 0 Å². The van der Waals surface area contributed by atoms with Crippen molar-refractivity contribution in [2.45, 2.75) is 18.9 Å². The first-order valence-electron chi connectivity index (χ1n) is 10.2. The summed E-state index contributed by atoms with van der Waals surface area (Å²) in [5.41, 5.74) is 1.32. The van der Waals surface area contributed by atoms with E-state index in [4.69, 9.17) is 9.47 Å². The van der Waals surface area contributed by atoms with Crippen molar-refractivity contribution in [3.8, 4) is 5.75 Å². The highest BCUT2D eigenvalue weighted by Gasteiger charge is 2.23. The number of rotatable bonds is 9. The zero-order chi connectivity index (χ0) is 20.3. The lowest BCUT2D eigenvalue weighted by molar-refractivity contribution is 0.0177. The summed E-state index contributed by atoms with van der Waals surface area (Å²) >= 11 is 1.81. The molecule has 1 unspecified atom stereocenters. The molecule has 2 aromatic rings. The molecule has 0 aliphatic carbocycles. The number of hydrogen-bond acceptors (Lipinski definition) is 5. The van der Waals surface area contributed by atoms with Crippen LogP contribution in [0.2, 0.25) is 0 Å². The highest BCUT2D eigenvalue weighted by atomic mass is 127. The van der Waals surface area contributed by atoms with E-state index in [1.807, 2.05) is 30.5 Å². The Morgan fingerprint density at radius 1 is 1.20 bits per heavy atom. The molecule has 2 heterocycles. The first-order chi connectivity index (χ1) is 14.3. The molecule has 0 saturated carbocycles. The molecule has 1 atom stereocenters. The van der Waals surface area contributed by atoms with E-state index in [0.717, 1.165) is 63.9 Å². The van der Waals surface area contributed by atoms with Gasteiger partial charge in [0.15, 0.2) is 5.96 Å². The number of halogens is 1. The fraction of sp³-hybridized carbons (Fsp3) is 0.500. The number of ether oxygens (including phenoxy) is 2. The number of guanidine groups is 1. The van der Waals surface area contributed by atoms with Crippen LogP contribution in [0.15, 0.2) is 46.8 Å². The van der Waals surface area contributed by atoms with Gasteiger partial charge in [-0.15, -0.1) is 35.3 Å². The molecule has 1 aliphatic rings. The predicted molar refractivity (Wildman–Crippen MR) is 136 cm³/mol. The molecule has 0 radical (unpaired) electrons. The zero-order valence-corrected chi connectivity index (χ0v) is 20.9. The van der Waals surface area contributed by atoms with Gasteiger partial charge in [0.1, 0.15) is 5.75 Å². The first kappa shape index (κ1) is 24.9. The van der Waals surface area contributed by atoms with Crippen molar-refractivity contribution in [2.75, 3.05) is 53.6 Å². The summed E-state index contributed by atoms with van der Waals surface area (Å²) in [5.74, 6) is 1.76. The van der Waals surface area contributed by atoms with Crippen LogP contribution in [0, 0.1) is 0 Å². The normalized spacial score (nSPS) is 15.9. The Hall–Kier alpha value is -1.36. The molecule has 6 nitrogen and oxygen atoms in total. The monoisotopic (exact) mass is 544 g/mol. The van der Waals surface area contributed by atoms with Crippen LogP contribution >= 0.6 is 35.3 Å². The third-order valence-corrected chi connectivity index (χ3v) is 6.11. The Labute approximate surface area is 201 Å². The van der Waals surface area contributed by atoms with Gasteiger partial charge in [0.05, 0.1) is 26.4 Å². The van der Waals surface area contributed by atoms with Crippen LogP contribution < -0.4 is 15.4 Å². The number of thiophene rings is 1. The molecule has 3 rings (SSSR count). The van der Waals surface area contributed by atoms with Gasteiger partial charge in [-0.2, -0.15) is 0 Å². The van der Waals surface area contributed by atoms with Gasteiger partial charge in [-0.3, -0.25) is 9.89 Å². The van der Waals surface area contributed by atoms with Crippen LogP contribution in [-0.2, 0) is 11.2 Å². The molecule has 1 saturated heterocycles. The van der Waals surface area contributed by atoms with E-state index in [-0.39, 0.29) is 24.0 Å². The van der Waals surface area contributed by atoms with Crippen LogP contribution in [0.1, 0.15) is 22.9 Å². The largest absolute Gasteiger partial charge is 0.497 e. The van der Waals surface area contributed by atoms with Gasteiger partial charge in [-0.1, -0.05) is 18.2 Å². The van der Waals surface area contributed by atoms with Gasteiger partial charge in [0.25, 0.3) is 0 Å². The average Bonchev–Trinajstić information content (AvgIpc) is 3.31. The number of hydrogen-bond donors (Lipinski definition) is 2. The van der Waals surface area contributed by atoms with Crippen molar-refractivity contribution in [1.82, 2.24) is 15.5 Å². The Morgan fingerprint density at radius 2 is 1.97 bits per heavy atom. The standard InChI is InChI=1S/C22H32N4O2S.HI/c1-23-22(24-11-3-5-18-7-9-19(27-2)10-8-18)25-17-20(21-6-4-16-29-21)26-12-14-28-15-13-26;/h4,6-10,16,20H,3,5,11-15,17H2,1-2H3,(H2,23,24,25);1H. The quantitative estimate of drug-likeness (QED) is 0.219. The molecule has 1 aliphatic heterocycles. The van der Waals surface area contributed by atoms with Gasteiger partial charge in [0, 0.05) is 38.1 Å². The molecule has 0 bridgehead atoms. The zero-order valence-electron chi connectivity index (χ0n) is 17.8. The van der Waals surface area contributed by atoms with Crippen molar-refractivity contribution < 1.29 is 9.47 Å². The van der Waals surface area contributed by atoms with Gasteiger partial charge in [-0.05, 0) is 42.0 Å². The van der Waals surface area contributed by atoms with Crippen LogP contribution in [0.3, 0.4) is 0 Å². The summed E-state index contributed by atoms with van der Waals surface area (Å²) < 4.78 is 10.7. The molecule has 166 valence electrons. The van der Waals surface area contributed by atoms with Crippen LogP contribution in [0.5, 0.6) is 5.75 Å². The molecule has 30 heavy (non-hydrogen) atoms. The van der Waals surface area contributed by atoms with Crippen molar-refractivity contribution in [3.05, 3.63) is 52.2 Å². The molecule has 1 fully saturated rings. The third-order valence-electron chi connectivity index (χ3n) is 5.14. The lowest BCUT2D eigenvalue weighted by atomic mass is 10.1. The van der Waals surface area contributed by atoms with Gasteiger partial charge in [0.2, 0.25) is 0 Å². The molecule has 0 spiro atoms. The number of morpholine rings is 1. The number of benzene rings is 1. The summed E-state index contributed by atoms with van der Waals surface area (Å²) in [5, 5.41) is 9.10. The average molecular weight is 545 g/mol. The maximum absolute atomic E-state index is 5.53. The Morgan fingerprint density at radius 3 is 2.60 bits per heavy atom. The summed E-state index contributed by atoms with van der Waals surface area (Å²) in [6.45, 7) is 5.27. The number of nitrogens with one attached hydrogen (secondary N) is 2. The maximum atomic E-state index is 5.53. The minimum absolute atomic E-state index is 0. The number of nitrogens with zero attached hydrogens (tertiary/aromatic N) is 2. The highest BCUT2D eigenvalue weighted by molar-refractivity contribution is 14.0. The second-order valence-electron chi connectivity index (χ2n) is 7.01. The number of methoxy groups -OCH3 is 1. The molecule has 8 heteroatoms. The molecule has 0 amide bonds. The summed E-state index contributed by atoms with van der Waals surface area (Å²) in [6, 6.07) is 13.0. The Balaban J connectivity index is 0.00000320. The summed E-state index contributed by atoms with van der Waals surface area (Å²) in [6.07, 6.45) is 2.07. The van der Waals surface area contributed by atoms with Crippen molar-refractivity contribution >= 4 is 41.3 Å². The third kappa shape index (κ3) is 7.72. The van der Waals surface area contributed by atoms with E-state index in [2.05, 4.69) is 50.2 Å². The van der Waals surface area contributed by atoms with E-state index in [9.17, 15) is 0 Å². The molecular formula is C22H33IN4O2S. The molecular weight excluding hydrogens is 511 g/mol. The second-order valence-corrected chi connectivity index (χ2v) is 7.99. The lowest BCUT2D eigenvalue weighted by Crippen LogP contribution is -2.46. The number of aliphatic imine (C=N–C) groups is 1. The number of aryl methyl sites for hydroxylation is 1. The highest BCUT2D eigenvalue weighted by Crippen LogP contribution is 2.25. The molecule has 2 N–H and O–H groups in total. The molecule has 1 aromatic carbocycles. The minimum Gasteiger partial charge on any atom is -0.497 e. The van der Waals surface area contributed by atoms with Gasteiger partial charge < -0.3 is 20.1 Å². The van der Waals surface area contributed by atoms with Crippen LogP contribution in [0.25, 0.3) is 0 Å². The van der Waals surface area contributed by atoms with Crippen molar-refractivity contribution in [1.29, 1.82) is 0 Å². The SMILES string of the molecule is CN=C(NCCCc1ccc(OC)cc1)NCC(c1cccs1)N1CCOCC1.I.